The van der Waals surface area contributed by atoms with E-state index < -0.39 is 0 Å². The van der Waals surface area contributed by atoms with E-state index in [9.17, 15) is 4.79 Å². The molecule has 0 saturated carbocycles. The minimum absolute atomic E-state index is 0. The zero-order valence-corrected chi connectivity index (χ0v) is 17.3. The Morgan fingerprint density at radius 3 is 2.89 bits per heavy atom. The smallest absolute Gasteiger partial charge is 0.224 e. The summed E-state index contributed by atoms with van der Waals surface area (Å²) in [5, 5.41) is 3.66. The summed E-state index contributed by atoms with van der Waals surface area (Å²) < 4.78 is 10.8. The fourth-order valence-corrected chi connectivity index (χ4v) is 4.00. The normalized spacial score (nSPS) is 17.1. The van der Waals surface area contributed by atoms with Crippen molar-refractivity contribution < 1.29 is 14.3 Å². The van der Waals surface area contributed by atoms with Crippen LogP contribution in [0.15, 0.2) is 6.07 Å². The van der Waals surface area contributed by atoms with E-state index in [1.807, 2.05) is 0 Å². The highest BCUT2D eigenvalue weighted by Crippen LogP contribution is 2.38. The number of piperidine rings is 1. The number of rotatable bonds is 7. The largest absolute Gasteiger partial charge is 0.493 e. The number of nitrogens with one attached hydrogen (secondary N) is 1. The summed E-state index contributed by atoms with van der Waals surface area (Å²) in [5.74, 6) is 0.761. The fraction of sp³-hybridized carbons (Fsp3) is 0.632. The lowest BCUT2D eigenvalue weighted by atomic mass is 10.0. The third kappa shape index (κ3) is 5.64. The van der Waals surface area contributed by atoms with Crippen molar-refractivity contribution in [2.75, 3.05) is 45.7 Å². The van der Waals surface area contributed by atoms with Gasteiger partial charge in [-0.3, -0.25) is 4.79 Å². The Kier molecular flexibility index (Phi) is 8.48. The molecule has 8 heteroatoms. The lowest BCUT2D eigenvalue weighted by Gasteiger charge is -2.32. The molecular weight excluding hydrogens is 389 g/mol. The van der Waals surface area contributed by atoms with Gasteiger partial charge >= 0.3 is 0 Å². The second-order valence-electron chi connectivity index (χ2n) is 7.04. The van der Waals surface area contributed by atoms with Crippen LogP contribution in [0.25, 0.3) is 0 Å². The molecule has 2 heterocycles. The van der Waals surface area contributed by atoms with Gasteiger partial charge in [-0.1, -0.05) is 11.6 Å². The topological polar surface area (TPSA) is 76.8 Å². The van der Waals surface area contributed by atoms with Gasteiger partial charge in [-0.05, 0) is 25.3 Å². The van der Waals surface area contributed by atoms with Crippen molar-refractivity contribution in [2.24, 2.45) is 0 Å². The van der Waals surface area contributed by atoms with Crippen molar-refractivity contribution in [1.82, 2.24) is 10.2 Å². The maximum absolute atomic E-state index is 12.5. The molecule has 0 radical (unpaired) electrons. The van der Waals surface area contributed by atoms with Gasteiger partial charge in [-0.2, -0.15) is 0 Å². The van der Waals surface area contributed by atoms with Crippen LogP contribution in [0.4, 0.5) is 5.69 Å². The zero-order valence-electron chi connectivity index (χ0n) is 15.8. The quantitative estimate of drug-likeness (QED) is 0.526. The number of ether oxygens (including phenoxy) is 2. The number of carbonyl (C=O) groups is 1. The SMILES string of the molecule is COCCCN1CCC(NC(=O)Cc2cc(Cl)c(N)c3c2OCC3)CC1.Cl. The summed E-state index contributed by atoms with van der Waals surface area (Å²) in [6.45, 7) is 4.48. The average molecular weight is 418 g/mol. The first-order chi connectivity index (χ1) is 12.6. The van der Waals surface area contributed by atoms with Crippen LogP contribution < -0.4 is 15.8 Å². The molecule has 27 heavy (non-hydrogen) atoms. The summed E-state index contributed by atoms with van der Waals surface area (Å²) in [4.78, 5) is 14.9. The number of hydrogen-bond donors (Lipinski definition) is 2. The maximum atomic E-state index is 12.5. The number of carbonyl (C=O) groups excluding carboxylic acids is 1. The molecule has 6 nitrogen and oxygen atoms in total. The highest BCUT2D eigenvalue weighted by molar-refractivity contribution is 6.33. The predicted molar refractivity (Wildman–Crippen MR) is 110 cm³/mol. The van der Waals surface area contributed by atoms with Crippen LogP contribution in [0.2, 0.25) is 5.02 Å². The van der Waals surface area contributed by atoms with Crippen LogP contribution in [0.1, 0.15) is 30.4 Å². The Morgan fingerprint density at radius 2 is 2.19 bits per heavy atom. The number of methoxy groups -OCH3 is 1. The summed E-state index contributed by atoms with van der Waals surface area (Å²) in [6.07, 6.45) is 4.04. The number of amides is 1. The molecule has 1 fully saturated rings. The van der Waals surface area contributed by atoms with Gasteiger partial charge in [0.2, 0.25) is 5.91 Å². The average Bonchev–Trinajstić information content (AvgIpc) is 3.11. The fourth-order valence-electron chi connectivity index (χ4n) is 3.76. The van der Waals surface area contributed by atoms with E-state index in [1.165, 1.54) is 0 Å². The second kappa shape index (κ2) is 10.4. The standard InChI is InChI=1S/C19H28ClN3O3.ClH/c1-25-9-2-6-23-7-3-14(4-8-23)22-17(24)12-13-11-16(20)18(21)15-5-10-26-19(13)15;/h11,14H,2-10,12,21H2,1H3,(H,22,24);1H. The van der Waals surface area contributed by atoms with Crippen molar-refractivity contribution in [3.8, 4) is 5.75 Å². The zero-order chi connectivity index (χ0) is 18.5. The van der Waals surface area contributed by atoms with Gasteiger partial charge in [0.15, 0.2) is 0 Å². The van der Waals surface area contributed by atoms with E-state index in [-0.39, 0.29) is 30.8 Å². The minimum Gasteiger partial charge on any atom is -0.493 e. The highest BCUT2D eigenvalue weighted by atomic mass is 35.5. The Hall–Kier alpha value is -1.21. The Bertz CT molecular complexity index is 650. The molecule has 0 bridgehead atoms. The van der Waals surface area contributed by atoms with Gasteiger partial charge in [-0.15, -0.1) is 12.4 Å². The molecule has 0 aliphatic carbocycles. The third-order valence-electron chi connectivity index (χ3n) is 5.17. The number of halogens is 2. The second-order valence-corrected chi connectivity index (χ2v) is 7.45. The Labute approximate surface area is 172 Å². The van der Waals surface area contributed by atoms with E-state index in [2.05, 4.69) is 10.2 Å². The maximum Gasteiger partial charge on any atom is 0.224 e. The van der Waals surface area contributed by atoms with Crippen molar-refractivity contribution in [1.29, 1.82) is 0 Å². The van der Waals surface area contributed by atoms with Gasteiger partial charge in [0.1, 0.15) is 5.75 Å². The summed E-state index contributed by atoms with van der Waals surface area (Å²) in [7, 11) is 1.73. The number of likely N-dealkylation sites (tertiary alicyclic amines) is 1. The molecule has 1 aromatic rings. The van der Waals surface area contributed by atoms with Crippen LogP contribution in [0.5, 0.6) is 5.75 Å². The Morgan fingerprint density at radius 1 is 1.44 bits per heavy atom. The molecule has 3 rings (SSSR count). The van der Waals surface area contributed by atoms with Gasteiger partial charge in [0.05, 0.1) is 23.7 Å². The number of anilines is 1. The van der Waals surface area contributed by atoms with Gasteiger partial charge in [-0.25, -0.2) is 0 Å². The van der Waals surface area contributed by atoms with Gasteiger partial charge < -0.3 is 25.4 Å². The number of nitrogen functional groups attached to an aromatic ring is 1. The van der Waals surface area contributed by atoms with Crippen molar-refractivity contribution in [2.45, 2.75) is 38.1 Å². The highest BCUT2D eigenvalue weighted by Gasteiger charge is 2.25. The Balaban J connectivity index is 0.00000261. The van der Waals surface area contributed by atoms with E-state index in [0.717, 1.165) is 68.8 Å². The number of nitrogens with two attached hydrogens (primary N) is 1. The number of benzene rings is 1. The first-order valence-corrected chi connectivity index (χ1v) is 9.69. The number of hydrogen-bond acceptors (Lipinski definition) is 5. The van der Waals surface area contributed by atoms with Gasteiger partial charge in [0, 0.05) is 56.9 Å². The first kappa shape index (κ1) is 22.1. The van der Waals surface area contributed by atoms with Crippen LogP contribution in [-0.2, 0) is 22.4 Å². The van der Waals surface area contributed by atoms with Crippen molar-refractivity contribution >= 4 is 35.6 Å². The summed E-state index contributed by atoms with van der Waals surface area (Å²) in [5.41, 5.74) is 8.35. The molecule has 1 saturated heterocycles. The molecule has 0 aromatic heterocycles. The molecule has 3 N–H and O–H groups in total. The first-order valence-electron chi connectivity index (χ1n) is 9.31. The monoisotopic (exact) mass is 417 g/mol. The minimum atomic E-state index is 0. The number of fused-ring (bicyclic) bond motifs is 1. The van der Waals surface area contributed by atoms with Crippen molar-refractivity contribution in [3.05, 3.63) is 22.2 Å². The molecular formula is C19H29Cl2N3O3. The summed E-state index contributed by atoms with van der Waals surface area (Å²) in [6, 6.07) is 2.00. The van der Waals surface area contributed by atoms with Crippen LogP contribution in [0, 0.1) is 0 Å². The molecule has 2 aliphatic rings. The van der Waals surface area contributed by atoms with Crippen LogP contribution in [-0.4, -0.2) is 56.8 Å². The lowest BCUT2D eigenvalue weighted by Crippen LogP contribution is -2.45. The molecule has 0 unspecified atom stereocenters. The van der Waals surface area contributed by atoms with E-state index >= 15 is 0 Å². The van der Waals surface area contributed by atoms with Gasteiger partial charge in [0.25, 0.3) is 0 Å². The van der Waals surface area contributed by atoms with E-state index in [4.69, 9.17) is 26.8 Å². The van der Waals surface area contributed by atoms with Crippen molar-refractivity contribution in [3.63, 3.8) is 0 Å². The van der Waals surface area contributed by atoms with E-state index in [1.54, 1.807) is 13.2 Å². The molecule has 1 amide bonds. The predicted octanol–water partition coefficient (Wildman–Crippen LogP) is 2.44. The molecule has 1 aromatic carbocycles. The molecule has 0 atom stereocenters. The molecule has 2 aliphatic heterocycles. The van der Waals surface area contributed by atoms with Crippen LogP contribution >= 0.6 is 24.0 Å². The third-order valence-corrected chi connectivity index (χ3v) is 5.49. The lowest BCUT2D eigenvalue weighted by molar-refractivity contribution is -0.121. The molecule has 152 valence electrons. The van der Waals surface area contributed by atoms with E-state index in [0.29, 0.717) is 17.3 Å². The van der Waals surface area contributed by atoms with Crippen LogP contribution in [0.3, 0.4) is 0 Å². The number of nitrogens with zero attached hydrogens (tertiary/aromatic N) is 1. The molecule has 0 spiro atoms. The summed E-state index contributed by atoms with van der Waals surface area (Å²) >= 11 is 6.21.